The highest BCUT2D eigenvalue weighted by Crippen LogP contribution is 2.54. The molecule has 3 N–H and O–H groups in total. The molecule has 190 valence electrons. The zero-order chi connectivity index (χ0) is 25.4. The molecule has 5 rings (SSSR count). The summed E-state index contributed by atoms with van der Waals surface area (Å²) in [5.74, 6) is -3.47. The Bertz CT molecular complexity index is 1230. The minimum absolute atomic E-state index is 0.00711. The van der Waals surface area contributed by atoms with Crippen LogP contribution in [0.3, 0.4) is 0 Å². The number of hydrogen-bond acceptors (Lipinski definition) is 6. The predicted molar refractivity (Wildman–Crippen MR) is 131 cm³/mol. The van der Waals surface area contributed by atoms with E-state index in [0.29, 0.717) is 30.2 Å². The third kappa shape index (κ3) is 4.77. The summed E-state index contributed by atoms with van der Waals surface area (Å²) in [4.78, 5) is 18.6. The zero-order valence-corrected chi connectivity index (χ0v) is 20.1. The Hall–Kier alpha value is -3.53. The van der Waals surface area contributed by atoms with Crippen LogP contribution >= 0.6 is 0 Å². The summed E-state index contributed by atoms with van der Waals surface area (Å²) in [7, 11) is 1.50. The van der Waals surface area contributed by atoms with Crippen LogP contribution in [0.15, 0.2) is 59.8 Å². The summed E-state index contributed by atoms with van der Waals surface area (Å²) in [6, 6.07) is 8.04. The number of benzene rings is 1. The number of para-hydroxylation sites is 1. The molecule has 1 aromatic carbocycles. The van der Waals surface area contributed by atoms with Gasteiger partial charge in [-0.1, -0.05) is 12.1 Å². The Morgan fingerprint density at radius 3 is 2.61 bits per heavy atom. The largest absolute Gasteiger partial charge is 0.378 e. The second-order valence-corrected chi connectivity index (χ2v) is 9.26. The molecule has 3 aliphatic rings. The molecule has 1 saturated heterocycles. The second-order valence-electron chi connectivity index (χ2n) is 9.26. The fraction of sp³-hybridized carbons (Fsp3) is 0.385. The number of aromatic nitrogens is 1. The maximum Gasteiger partial charge on any atom is 0.274 e. The maximum atomic E-state index is 15.2. The lowest BCUT2D eigenvalue weighted by Gasteiger charge is -2.32. The number of carbonyl (C=O) groups excluding carboxylic acids is 1. The molecule has 2 aliphatic carbocycles. The number of morpholine rings is 1. The van der Waals surface area contributed by atoms with Crippen molar-refractivity contribution >= 4 is 23.1 Å². The molecule has 1 aliphatic heterocycles. The van der Waals surface area contributed by atoms with Gasteiger partial charge in [0.2, 0.25) is 0 Å². The van der Waals surface area contributed by atoms with Gasteiger partial charge in [0.15, 0.2) is 0 Å². The van der Waals surface area contributed by atoms with Crippen LogP contribution < -0.4 is 16.0 Å². The second kappa shape index (κ2) is 9.50. The van der Waals surface area contributed by atoms with Gasteiger partial charge < -0.3 is 25.6 Å². The van der Waals surface area contributed by atoms with Crippen LogP contribution in [-0.2, 0) is 10.7 Å². The number of amides is 1. The first-order chi connectivity index (χ1) is 17.3. The van der Waals surface area contributed by atoms with Crippen LogP contribution in [0.4, 0.5) is 30.4 Å². The Morgan fingerprint density at radius 2 is 1.89 bits per heavy atom. The monoisotopic (exact) mass is 499 g/mol. The quantitative estimate of drug-likeness (QED) is 0.510. The number of anilines is 3. The average Bonchev–Trinajstić information content (AvgIpc) is 3.66. The van der Waals surface area contributed by atoms with Crippen molar-refractivity contribution in [3.8, 4) is 0 Å². The normalized spacial score (nSPS) is 21.5. The summed E-state index contributed by atoms with van der Waals surface area (Å²) in [6.45, 7) is 3.52. The van der Waals surface area contributed by atoms with Gasteiger partial charge in [-0.3, -0.25) is 4.79 Å². The molecule has 2 heterocycles. The number of ether oxygens (including phenoxy) is 1. The highest BCUT2D eigenvalue weighted by Gasteiger charge is 2.48. The summed E-state index contributed by atoms with van der Waals surface area (Å²) in [6.07, 6.45) is 3.46. The summed E-state index contributed by atoms with van der Waals surface area (Å²) in [5, 5.41) is 8.55. The Morgan fingerprint density at radius 1 is 1.14 bits per heavy atom. The Kier molecular flexibility index (Phi) is 6.38. The van der Waals surface area contributed by atoms with E-state index < -0.39 is 5.92 Å². The molecular weight excluding hydrogens is 471 g/mol. The van der Waals surface area contributed by atoms with Crippen LogP contribution in [0.1, 0.15) is 29.3 Å². The average molecular weight is 500 g/mol. The lowest BCUT2D eigenvalue weighted by molar-refractivity contribution is 0.0179. The van der Waals surface area contributed by atoms with E-state index in [9.17, 15) is 13.6 Å². The molecule has 7 nitrogen and oxygen atoms in total. The lowest BCUT2D eigenvalue weighted by Crippen LogP contribution is -2.37. The van der Waals surface area contributed by atoms with Crippen molar-refractivity contribution < 1.29 is 22.7 Å². The van der Waals surface area contributed by atoms with Crippen molar-refractivity contribution in [1.82, 2.24) is 15.2 Å². The van der Waals surface area contributed by atoms with Crippen molar-refractivity contribution in [2.75, 3.05) is 44.0 Å². The van der Waals surface area contributed by atoms with Crippen molar-refractivity contribution in [2.45, 2.75) is 19.3 Å². The number of hydrogen-bond donors (Lipinski definition) is 3. The highest BCUT2D eigenvalue weighted by molar-refractivity contribution is 6.00. The molecule has 0 radical (unpaired) electrons. The molecule has 1 saturated carbocycles. The Balaban J connectivity index is 1.45. The predicted octanol–water partition coefficient (Wildman–Crippen LogP) is 4.76. The number of pyridine rings is 1. The van der Waals surface area contributed by atoms with Crippen LogP contribution in [-0.4, -0.2) is 49.1 Å². The van der Waals surface area contributed by atoms with E-state index in [4.69, 9.17) is 4.74 Å². The van der Waals surface area contributed by atoms with Crippen molar-refractivity contribution in [2.24, 2.45) is 11.8 Å². The number of carbonyl (C=O) groups is 1. The summed E-state index contributed by atoms with van der Waals surface area (Å²) >= 11 is 0. The van der Waals surface area contributed by atoms with Crippen LogP contribution in [0.25, 0.3) is 0 Å². The molecule has 1 amide bonds. The van der Waals surface area contributed by atoms with Gasteiger partial charge in [0.25, 0.3) is 11.8 Å². The molecule has 0 spiro atoms. The van der Waals surface area contributed by atoms with Crippen LogP contribution in [0.5, 0.6) is 0 Å². The van der Waals surface area contributed by atoms with Gasteiger partial charge in [-0.05, 0) is 24.6 Å². The SMILES string of the molecule is CNC(=O)c1ccccc1Nc1cc(NC2=C(F)C=C(N3CCOCC3)C3CC23)ncc1C(C)(F)F. The van der Waals surface area contributed by atoms with Crippen molar-refractivity contribution in [1.29, 1.82) is 0 Å². The van der Waals surface area contributed by atoms with E-state index in [2.05, 4.69) is 25.8 Å². The molecule has 2 unspecified atom stereocenters. The maximum absolute atomic E-state index is 15.2. The summed E-state index contributed by atoms with van der Waals surface area (Å²) < 4.78 is 49.4. The number of rotatable bonds is 7. The number of halogens is 3. The molecular formula is C26H28F3N5O2. The molecule has 2 atom stereocenters. The number of alkyl halides is 2. The first-order valence-electron chi connectivity index (χ1n) is 11.9. The molecule has 2 aromatic rings. The molecule has 1 aromatic heterocycles. The van der Waals surface area contributed by atoms with Crippen molar-refractivity contribution in [3.63, 3.8) is 0 Å². The fourth-order valence-corrected chi connectivity index (χ4v) is 4.82. The lowest BCUT2D eigenvalue weighted by atomic mass is 10.0. The molecule has 10 heteroatoms. The molecule has 36 heavy (non-hydrogen) atoms. The van der Waals surface area contributed by atoms with E-state index in [-0.39, 0.29) is 40.6 Å². The van der Waals surface area contributed by atoms with Gasteiger partial charge >= 0.3 is 0 Å². The minimum Gasteiger partial charge on any atom is -0.378 e. The van der Waals surface area contributed by atoms with Gasteiger partial charge in [-0.2, -0.15) is 0 Å². The number of nitrogens with zero attached hydrogens (tertiary/aromatic N) is 2. The standard InChI is InChI=1S/C26H28F3N5O2/c1-26(28,29)18-14-31-23(13-21(18)32-20-6-4-3-5-15(20)25(35)30-2)33-24-17-11-16(17)22(12-19(24)27)34-7-9-36-10-8-34/h3-6,12-14,16-17H,7-11H2,1-2H3,(H,30,35)(H2,31,32,33). The van der Waals surface area contributed by atoms with E-state index in [1.807, 2.05) is 0 Å². The van der Waals surface area contributed by atoms with E-state index in [0.717, 1.165) is 38.3 Å². The minimum atomic E-state index is -3.19. The van der Waals surface area contributed by atoms with Gasteiger partial charge in [-0.15, -0.1) is 0 Å². The molecule has 2 fully saturated rings. The van der Waals surface area contributed by atoms with Gasteiger partial charge in [0.1, 0.15) is 11.6 Å². The number of allylic oxidation sites excluding steroid dienone is 4. The zero-order valence-electron chi connectivity index (χ0n) is 20.1. The van der Waals surface area contributed by atoms with E-state index >= 15 is 4.39 Å². The smallest absolute Gasteiger partial charge is 0.274 e. The van der Waals surface area contributed by atoms with Crippen LogP contribution in [0.2, 0.25) is 0 Å². The number of fused-ring (bicyclic) bond motifs is 1. The third-order valence-electron chi connectivity index (χ3n) is 6.76. The van der Waals surface area contributed by atoms with E-state index in [1.165, 1.54) is 13.1 Å². The first kappa shape index (κ1) is 24.2. The van der Waals surface area contributed by atoms with Gasteiger partial charge in [0.05, 0.1) is 41.4 Å². The number of nitrogens with one attached hydrogen (secondary N) is 3. The molecule has 0 bridgehead atoms. The van der Waals surface area contributed by atoms with Crippen LogP contribution in [0, 0.1) is 11.8 Å². The summed E-state index contributed by atoms with van der Waals surface area (Å²) in [5.41, 5.74) is 1.81. The third-order valence-corrected chi connectivity index (χ3v) is 6.76. The van der Waals surface area contributed by atoms with Gasteiger partial charge in [0, 0.05) is 56.9 Å². The van der Waals surface area contributed by atoms with Gasteiger partial charge in [-0.25, -0.2) is 18.2 Å². The Labute approximate surface area is 207 Å². The first-order valence-corrected chi connectivity index (χ1v) is 11.9. The van der Waals surface area contributed by atoms with E-state index in [1.54, 1.807) is 30.3 Å². The highest BCUT2D eigenvalue weighted by atomic mass is 19.3. The fourth-order valence-electron chi connectivity index (χ4n) is 4.82. The van der Waals surface area contributed by atoms with Crippen molar-refractivity contribution in [3.05, 3.63) is 71.0 Å². The topological polar surface area (TPSA) is 78.5 Å².